The van der Waals surface area contributed by atoms with Crippen LogP contribution in [-0.4, -0.2) is 20.2 Å². The van der Waals surface area contributed by atoms with Crippen molar-refractivity contribution in [2.24, 2.45) is 0 Å². The molecule has 0 bridgehead atoms. The van der Waals surface area contributed by atoms with Crippen LogP contribution in [-0.2, 0) is 14.9 Å². The molecule has 22 heavy (non-hydrogen) atoms. The Balaban J connectivity index is 2.32. The number of hydrogen-bond donors (Lipinski definition) is 0. The molecule has 2 rings (SSSR count). The third-order valence-electron chi connectivity index (χ3n) is 3.90. The van der Waals surface area contributed by atoms with E-state index in [9.17, 15) is 10.1 Å². The summed E-state index contributed by atoms with van der Waals surface area (Å²) >= 11 is 0. The predicted octanol–water partition coefficient (Wildman–Crippen LogP) is 3.10. The van der Waals surface area contributed by atoms with Crippen molar-refractivity contribution in [1.29, 1.82) is 5.26 Å². The summed E-state index contributed by atoms with van der Waals surface area (Å²) in [5, 5.41) is 9.69. The van der Waals surface area contributed by atoms with Gasteiger partial charge in [0.05, 0.1) is 25.7 Å². The standard InChI is InChI=1S/C17H19NO4/c1-12(19)22-14-6-8-17(11-18,9-7-14)13-4-5-15(20-2)16(10-13)21-3/h4-6,10H,7-9H2,1-3H3. The van der Waals surface area contributed by atoms with Gasteiger partial charge in [0.2, 0.25) is 0 Å². The van der Waals surface area contributed by atoms with Crippen molar-refractivity contribution < 1.29 is 19.0 Å². The molecule has 0 amide bonds. The SMILES string of the molecule is COc1ccc(C2(C#N)CC=C(OC(C)=O)CC2)cc1OC. The third kappa shape index (κ3) is 3.06. The minimum atomic E-state index is -0.636. The zero-order valence-corrected chi connectivity index (χ0v) is 13.0. The fourth-order valence-corrected chi connectivity index (χ4v) is 2.67. The Morgan fingerprint density at radius 1 is 1.27 bits per heavy atom. The summed E-state index contributed by atoms with van der Waals surface area (Å²) in [4.78, 5) is 11.0. The fraction of sp³-hybridized carbons (Fsp3) is 0.412. The van der Waals surface area contributed by atoms with E-state index in [4.69, 9.17) is 14.2 Å². The first kappa shape index (κ1) is 15.9. The van der Waals surface area contributed by atoms with E-state index in [1.807, 2.05) is 18.2 Å². The molecule has 1 atom stereocenters. The number of hydrogen-bond acceptors (Lipinski definition) is 5. The molecule has 1 aromatic rings. The summed E-state index contributed by atoms with van der Waals surface area (Å²) < 4.78 is 15.7. The van der Waals surface area contributed by atoms with E-state index in [2.05, 4.69) is 6.07 Å². The Bertz CT molecular complexity index is 645. The Morgan fingerprint density at radius 2 is 2.00 bits per heavy atom. The first-order valence-corrected chi connectivity index (χ1v) is 7.06. The zero-order valence-electron chi connectivity index (χ0n) is 13.0. The number of nitriles is 1. The summed E-state index contributed by atoms with van der Waals surface area (Å²) in [7, 11) is 3.15. The molecule has 1 aliphatic rings. The van der Waals surface area contributed by atoms with Gasteiger partial charge in [-0.05, 0) is 36.6 Å². The first-order valence-electron chi connectivity index (χ1n) is 7.06. The van der Waals surface area contributed by atoms with Crippen LogP contribution >= 0.6 is 0 Å². The molecule has 0 N–H and O–H groups in total. The number of methoxy groups -OCH3 is 2. The quantitative estimate of drug-likeness (QED) is 0.799. The molecule has 0 aromatic heterocycles. The molecule has 0 spiro atoms. The molecular formula is C17H19NO4. The van der Waals surface area contributed by atoms with Crippen molar-refractivity contribution in [2.45, 2.75) is 31.6 Å². The van der Waals surface area contributed by atoms with Gasteiger partial charge in [0.15, 0.2) is 11.5 Å². The highest BCUT2D eigenvalue weighted by molar-refractivity contribution is 5.67. The van der Waals surface area contributed by atoms with Gasteiger partial charge in [-0.1, -0.05) is 6.07 Å². The molecular weight excluding hydrogens is 282 g/mol. The Labute approximate surface area is 130 Å². The van der Waals surface area contributed by atoms with Crippen LogP contribution in [0.5, 0.6) is 11.5 Å². The van der Waals surface area contributed by atoms with Crippen molar-refractivity contribution in [3.05, 3.63) is 35.6 Å². The molecule has 0 saturated carbocycles. The van der Waals surface area contributed by atoms with Gasteiger partial charge in [-0.15, -0.1) is 0 Å². The van der Waals surface area contributed by atoms with Gasteiger partial charge in [-0.25, -0.2) is 0 Å². The highest BCUT2D eigenvalue weighted by Crippen LogP contribution is 2.41. The van der Waals surface area contributed by atoms with Crippen molar-refractivity contribution in [3.63, 3.8) is 0 Å². The molecule has 0 saturated heterocycles. The van der Waals surface area contributed by atoms with Crippen molar-refractivity contribution in [1.82, 2.24) is 0 Å². The number of esters is 1. The lowest BCUT2D eigenvalue weighted by atomic mass is 9.72. The zero-order chi connectivity index (χ0) is 16.2. The summed E-state index contributed by atoms with van der Waals surface area (Å²) in [6.07, 6.45) is 3.48. The Morgan fingerprint density at radius 3 is 2.50 bits per heavy atom. The van der Waals surface area contributed by atoms with Crippen molar-refractivity contribution in [2.75, 3.05) is 14.2 Å². The number of nitrogens with zero attached hydrogens (tertiary/aromatic N) is 1. The smallest absolute Gasteiger partial charge is 0.307 e. The van der Waals surface area contributed by atoms with Crippen LogP contribution in [0.15, 0.2) is 30.0 Å². The van der Waals surface area contributed by atoms with Crippen molar-refractivity contribution in [3.8, 4) is 17.6 Å². The summed E-state index contributed by atoms with van der Waals surface area (Å²) in [5.74, 6) is 1.54. The lowest BCUT2D eigenvalue weighted by molar-refractivity contribution is -0.137. The second-order valence-electron chi connectivity index (χ2n) is 5.23. The minimum Gasteiger partial charge on any atom is -0.493 e. The second kappa shape index (κ2) is 6.52. The van der Waals surface area contributed by atoms with Crippen molar-refractivity contribution >= 4 is 5.97 Å². The van der Waals surface area contributed by atoms with Crippen LogP contribution in [0.2, 0.25) is 0 Å². The van der Waals surface area contributed by atoms with Gasteiger partial charge < -0.3 is 14.2 Å². The van der Waals surface area contributed by atoms with Gasteiger partial charge in [-0.3, -0.25) is 4.79 Å². The lowest BCUT2D eigenvalue weighted by Crippen LogP contribution is -2.27. The van der Waals surface area contributed by atoms with E-state index >= 15 is 0 Å². The summed E-state index contributed by atoms with van der Waals surface area (Å²) in [6.45, 7) is 1.38. The van der Waals surface area contributed by atoms with Crippen LogP contribution in [0.3, 0.4) is 0 Å². The van der Waals surface area contributed by atoms with Crippen LogP contribution < -0.4 is 9.47 Å². The number of rotatable bonds is 4. The van der Waals surface area contributed by atoms with Crippen LogP contribution in [0, 0.1) is 11.3 Å². The lowest BCUT2D eigenvalue weighted by Gasteiger charge is -2.30. The van der Waals surface area contributed by atoms with Gasteiger partial charge >= 0.3 is 5.97 Å². The molecule has 1 aromatic carbocycles. The monoisotopic (exact) mass is 301 g/mol. The predicted molar refractivity (Wildman–Crippen MR) is 80.5 cm³/mol. The fourth-order valence-electron chi connectivity index (χ4n) is 2.67. The highest BCUT2D eigenvalue weighted by atomic mass is 16.5. The molecule has 0 aliphatic heterocycles. The molecule has 0 radical (unpaired) electrons. The molecule has 1 aliphatic carbocycles. The Kier molecular flexibility index (Phi) is 4.71. The molecule has 1 unspecified atom stereocenters. The number of benzene rings is 1. The topological polar surface area (TPSA) is 68.5 Å². The van der Waals surface area contributed by atoms with E-state index in [-0.39, 0.29) is 5.97 Å². The maximum atomic E-state index is 11.0. The van der Waals surface area contributed by atoms with Crippen LogP contribution in [0.4, 0.5) is 0 Å². The molecule has 116 valence electrons. The van der Waals surface area contributed by atoms with Gasteiger partial charge in [0, 0.05) is 13.3 Å². The van der Waals surface area contributed by atoms with E-state index in [1.165, 1.54) is 6.92 Å². The average Bonchev–Trinajstić information content (AvgIpc) is 2.54. The van der Waals surface area contributed by atoms with Gasteiger partial charge in [0.1, 0.15) is 5.76 Å². The largest absolute Gasteiger partial charge is 0.493 e. The number of allylic oxidation sites excluding steroid dienone is 2. The Hall–Kier alpha value is -2.48. The number of carbonyl (C=O) groups is 1. The normalized spacial score (nSPS) is 20.5. The first-order chi connectivity index (χ1) is 10.5. The van der Waals surface area contributed by atoms with E-state index in [0.29, 0.717) is 36.5 Å². The highest BCUT2D eigenvalue weighted by Gasteiger charge is 2.35. The minimum absolute atomic E-state index is 0.332. The molecule has 0 fully saturated rings. The van der Waals surface area contributed by atoms with Crippen LogP contribution in [0.1, 0.15) is 31.7 Å². The number of ether oxygens (including phenoxy) is 3. The number of carbonyl (C=O) groups excluding carboxylic acids is 1. The van der Waals surface area contributed by atoms with Crippen LogP contribution in [0.25, 0.3) is 0 Å². The molecule has 5 nitrogen and oxygen atoms in total. The van der Waals surface area contributed by atoms with E-state index in [1.54, 1.807) is 20.3 Å². The summed E-state index contributed by atoms with van der Waals surface area (Å²) in [6, 6.07) is 7.94. The molecule has 0 heterocycles. The molecule has 5 heteroatoms. The van der Waals surface area contributed by atoms with Gasteiger partial charge in [-0.2, -0.15) is 5.26 Å². The van der Waals surface area contributed by atoms with E-state index in [0.717, 1.165) is 5.56 Å². The maximum absolute atomic E-state index is 11.0. The third-order valence-corrected chi connectivity index (χ3v) is 3.90. The second-order valence-corrected chi connectivity index (χ2v) is 5.23. The van der Waals surface area contributed by atoms with E-state index < -0.39 is 5.41 Å². The summed E-state index contributed by atoms with van der Waals surface area (Å²) in [5.41, 5.74) is 0.245. The average molecular weight is 301 g/mol. The maximum Gasteiger partial charge on any atom is 0.307 e. The van der Waals surface area contributed by atoms with Gasteiger partial charge in [0.25, 0.3) is 0 Å².